The van der Waals surface area contributed by atoms with Crippen LogP contribution in [0.2, 0.25) is 0 Å². The molecule has 2 aromatic heterocycles. The summed E-state index contributed by atoms with van der Waals surface area (Å²) in [4.78, 5) is 8.64. The number of hydrogen-bond donors (Lipinski definition) is 2. The second-order valence-electron chi connectivity index (χ2n) is 3.82. The molecule has 20 heavy (non-hydrogen) atoms. The minimum absolute atomic E-state index is 0.0581. The van der Waals surface area contributed by atoms with E-state index in [2.05, 4.69) is 19.5 Å². The number of nitrogens with zero attached hydrogens (tertiary/aromatic N) is 4. The van der Waals surface area contributed by atoms with Gasteiger partial charge in [-0.3, -0.25) is 0 Å². The van der Waals surface area contributed by atoms with Gasteiger partial charge in [-0.15, -0.1) is 0 Å². The lowest BCUT2D eigenvalue weighted by atomic mass is 10.1. The van der Waals surface area contributed by atoms with Gasteiger partial charge in [0, 0.05) is 10.9 Å². The zero-order chi connectivity index (χ0) is 13.9. The van der Waals surface area contributed by atoms with Crippen LogP contribution >= 0.6 is 23.3 Å². The van der Waals surface area contributed by atoms with Gasteiger partial charge in [-0.2, -0.15) is 4.37 Å². The Balaban J connectivity index is 2.14. The molecule has 0 saturated heterocycles. The molecule has 100 valence electrons. The van der Waals surface area contributed by atoms with E-state index in [4.69, 9.17) is 10.9 Å². The largest absolute Gasteiger partial charge is 0.409 e. The summed E-state index contributed by atoms with van der Waals surface area (Å²) >= 11 is 2.69. The summed E-state index contributed by atoms with van der Waals surface area (Å²) in [5.74, 6) is 0.0581. The number of amidine groups is 1. The fourth-order valence-corrected chi connectivity index (χ4v) is 3.18. The molecule has 6 nitrogen and oxygen atoms in total. The van der Waals surface area contributed by atoms with Crippen molar-refractivity contribution >= 4 is 40.0 Å². The van der Waals surface area contributed by atoms with Crippen LogP contribution in [0.1, 0.15) is 5.56 Å². The number of fused-ring (bicyclic) bond motifs is 1. The lowest BCUT2D eigenvalue weighted by molar-refractivity contribution is 0.318. The third kappa shape index (κ3) is 2.43. The Morgan fingerprint density at radius 3 is 2.95 bits per heavy atom. The predicted molar refractivity (Wildman–Crippen MR) is 78.3 cm³/mol. The van der Waals surface area contributed by atoms with Gasteiger partial charge in [0.15, 0.2) is 10.2 Å². The fraction of sp³-hybridized carbons (Fsp3) is 0. The predicted octanol–water partition coefficient (Wildman–Crippen LogP) is 2.33. The molecule has 0 unspecified atom stereocenters. The highest BCUT2D eigenvalue weighted by Gasteiger charge is 2.11. The SMILES string of the molecule is N/C(=N/O)c1cc(Sc2ncns2)nc2ccccc12. The van der Waals surface area contributed by atoms with Crippen molar-refractivity contribution in [2.75, 3.05) is 0 Å². The summed E-state index contributed by atoms with van der Waals surface area (Å²) in [5, 5.41) is 13.6. The van der Waals surface area contributed by atoms with E-state index in [9.17, 15) is 0 Å². The van der Waals surface area contributed by atoms with E-state index in [-0.39, 0.29) is 5.84 Å². The van der Waals surface area contributed by atoms with Gasteiger partial charge in [-0.25, -0.2) is 9.97 Å². The van der Waals surface area contributed by atoms with Crippen molar-refractivity contribution in [1.29, 1.82) is 0 Å². The van der Waals surface area contributed by atoms with Crippen molar-refractivity contribution in [3.8, 4) is 0 Å². The van der Waals surface area contributed by atoms with E-state index >= 15 is 0 Å². The third-order valence-corrected chi connectivity index (χ3v) is 4.24. The Labute approximate surface area is 122 Å². The fourth-order valence-electron chi connectivity index (χ4n) is 1.77. The first-order chi connectivity index (χ1) is 9.78. The van der Waals surface area contributed by atoms with Crippen LogP contribution < -0.4 is 5.73 Å². The first-order valence-electron chi connectivity index (χ1n) is 5.60. The van der Waals surface area contributed by atoms with E-state index in [0.29, 0.717) is 5.56 Å². The lowest BCUT2D eigenvalue weighted by Gasteiger charge is -2.07. The molecule has 8 heteroatoms. The Kier molecular flexibility index (Phi) is 3.48. The van der Waals surface area contributed by atoms with Crippen LogP contribution in [0.25, 0.3) is 10.9 Å². The minimum atomic E-state index is 0.0581. The van der Waals surface area contributed by atoms with Gasteiger partial charge < -0.3 is 10.9 Å². The van der Waals surface area contributed by atoms with E-state index < -0.39 is 0 Å². The molecule has 1 aromatic carbocycles. The van der Waals surface area contributed by atoms with Gasteiger partial charge in [0.1, 0.15) is 11.4 Å². The van der Waals surface area contributed by atoms with Gasteiger partial charge in [0.2, 0.25) is 0 Å². The summed E-state index contributed by atoms with van der Waals surface area (Å²) in [6.45, 7) is 0. The first kappa shape index (κ1) is 12.8. The maximum atomic E-state index is 8.91. The van der Waals surface area contributed by atoms with Crippen LogP contribution in [-0.4, -0.2) is 25.4 Å². The summed E-state index contributed by atoms with van der Waals surface area (Å²) in [7, 11) is 0. The molecule has 0 spiro atoms. The molecular formula is C12H9N5OS2. The molecule has 0 radical (unpaired) electrons. The monoisotopic (exact) mass is 303 g/mol. The number of oxime groups is 1. The molecule has 0 amide bonds. The first-order valence-corrected chi connectivity index (χ1v) is 7.19. The number of hydrogen-bond acceptors (Lipinski definition) is 7. The van der Waals surface area contributed by atoms with Crippen LogP contribution in [0, 0.1) is 0 Å². The number of aromatic nitrogens is 3. The maximum Gasteiger partial charge on any atom is 0.175 e. The second kappa shape index (κ2) is 5.43. The van der Waals surface area contributed by atoms with Crippen LogP contribution in [0.4, 0.5) is 0 Å². The molecule has 0 atom stereocenters. The van der Waals surface area contributed by atoms with Crippen molar-refractivity contribution in [2.24, 2.45) is 10.9 Å². The summed E-state index contributed by atoms with van der Waals surface area (Å²) in [6, 6.07) is 9.33. The Bertz CT molecular complexity index is 773. The molecule has 2 heterocycles. The van der Waals surface area contributed by atoms with Crippen LogP contribution in [0.15, 0.2) is 51.2 Å². The summed E-state index contributed by atoms with van der Waals surface area (Å²) in [5.41, 5.74) is 7.16. The molecule has 3 rings (SSSR count). The quantitative estimate of drug-likeness (QED) is 0.333. The van der Waals surface area contributed by atoms with E-state index in [1.165, 1.54) is 29.6 Å². The molecule has 0 aliphatic carbocycles. The number of benzene rings is 1. The number of para-hydroxylation sites is 1. The molecule has 0 saturated carbocycles. The normalized spacial score (nSPS) is 11.9. The lowest BCUT2D eigenvalue weighted by Crippen LogP contribution is -2.14. The minimum Gasteiger partial charge on any atom is -0.409 e. The number of rotatable bonds is 3. The smallest absolute Gasteiger partial charge is 0.175 e. The Hall–Kier alpha value is -2.19. The highest BCUT2D eigenvalue weighted by atomic mass is 32.2. The van der Waals surface area contributed by atoms with Crippen LogP contribution in [0.5, 0.6) is 0 Å². The number of pyridine rings is 1. The summed E-state index contributed by atoms with van der Waals surface area (Å²) in [6.07, 6.45) is 1.50. The second-order valence-corrected chi connectivity index (χ2v) is 5.87. The van der Waals surface area contributed by atoms with E-state index in [1.807, 2.05) is 24.3 Å². The molecule has 3 aromatic rings. The van der Waals surface area contributed by atoms with Crippen LogP contribution in [0.3, 0.4) is 0 Å². The van der Waals surface area contributed by atoms with Crippen molar-refractivity contribution in [3.05, 3.63) is 42.2 Å². The van der Waals surface area contributed by atoms with E-state index in [0.717, 1.165) is 20.3 Å². The highest BCUT2D eigenvalue weighted by Crippen LogP contribution is 2.29. The molecule has 3 N–H and O–H groups in total. The van der Waals surface area contributed by atoms with Gasteiger partial charge in [-0.05, 0) is 35.4 Å². The van der Waals surface area contributed by atoms with Gasteiger partial charge in [-0.1, -0.05) is 23.4 Å². The maximum absolute atomic E-state index is 8.91. The molecule has 0 bridgehead atoms. The van der Waals surface area contributed by atoms with Crippen molar-refractivity contribution in [3.63, 3.8) is 0 Å². The van der Waals surface area contributed by atoms with Crippen molar-refractivity contribution in [1.82, 2.24) is 14.3 Å². The van der Waals surface area contributed by atoms with Gasteiger partial charge in [0.05, 0.1) is 5.52 Å². The average Bonchev–Trinajstić information content (AvgIpc) is 2.98. The number of nitrogens with two attached hydrogens (primary N) is 1. The highest BCUT2D eigenvalue weighted by molar-refractivity contribution is 8.00. The summed E-state index contributed by atoms with van der Waals surface area (Å²) < 4.78 is 4.74. The van der Waals surface area contributed by atoms with Crippen LogP contribution in [-0.2, 0) is 0 Å². The molecule has 0 aliphatic heterocycles. The Morgan fingerprint density at radius 1 is 1.35 bits per heavy atom. The third-order valence-electron chi connectivity index (χ3n) is 2.61. The topological polar surface area (TPSA) is 97.3 Å². The zero-order valence-corrected chi connectivity index (χ0v) is 11.7. The molecule has 0 fully saturated rings. The molecular weight excluding hydrogens is 294 g/mol. The Morgan fingerprint density at radius 2 is 2.20 bits per heavy atom. The van der Waals surface area contributed by atoms with Gasteiger partial charge >= 0.3 is 0 Å². The zero-order valence-electron chi connectivity index (χ0n) is 10.1. The standard InChI is InChI=1S/C12H9N5OS2/c13-11(17-18)8-5-10(19-12-14-6-15-20-12)16-9-4-2-1-3-7(8)9/h1-6,18H,(H2,13,17). The van der Waals surface area contributed by atoms with Gasteiger partial charge in [0.25, 0.3) is 0 Å². The average molecular weight is 303 g/mol. The van der Waals surface area contributed by atoms with Crippen molar-refractivity contribution in [2.45, 2.75) is 9.37 Å². The van der Waals surface area contributed by atoms with E-state index in [1.54, 1.807) is 6.07 Å². The van der Waals surface area contributed by atoms with Crippen molar-refractivity contribution < 1.29 is 5.21 Å². The molecule has 0 aliphatic rings.